The predicted octanol–water partition coefficient (Wildman–Crippen LogP) is 3.29. The molecular formula is C18H18N2O2. The van der Waals surface area contributed by atoms with Crippen molar-refractivity contribution in [2.75, 3.05) is 12.8 Å². The fraction of sp³-hybridized carbons (Fsp3) is 0.167. The van der Waals surface area contributed by atoms with E-state index in [1.165, 1.54) is 7.11 Å². The van der Waals surface area contributed by atoms with Crippen molar-refractivity contribution in [2.24, 2.45) is 0 Å². The van der Waals surface area contributed by atoms with E-state index in [-0.39, 0.29) is 5.97 Å². The maximum Gasteiger partial charge on any atom is 0.333 e. The number of nitrogens with two attached hydrogens (primary N) is 1. The fourth-order valence-electron chi connectivity index (χ4n) is 2.71. The Bertz CT molecular complexity index is 819. The number of carbonyl (C=O) groups excluding carboxylic acids is 1. The quantitative estimate of drug-likeness (QED) is 0.595. The Hall–Kier alpha value is -2.75. The van der Waals surface area contributed by atoms with Crippen LogP contribution < -0.4 is 5.73 Å². The summed E-state index contributed by atoms with van der Waals surface area (Å²) in [5.41, 5.74) is 9.65. The van der Waals surface area contributed by atoms with Gasteiger partial charge in [0.25, 0.3) is 0 Å². The van der Waals surface area contributed by atoms with Gasteiger partial charge in [-0.2, -0.15) is 0 Å². The summed E-state index contributed by atoms with van der Waals surface area (Å²) < 4.78 is 6.91. The third-order valence-electron chi connectivity index (χ3n) is 3.89. The average molecular weight is 294 g/mol. The molecule has 1 aromatic heterocycles. The summed E-state index contributed by atoms with van der Waals surface area (Å²) in [4.78, 5) is 12.4. The van der Waals surface area contributed by atoms with Crippen LogP contribution in [0.15, 0.2) is 54.7 Å². The van der Waals surface area contributed by atoms with E-state index in [2.05, 4.69) is 0 Å². The summed E-state index contributed by atoms with van der Waals surface area (Å²) in [6.07, 6.45) is 1.88. The number of ether oxygens (including phenoxy) is 1. The Balaban J connectivity index is 2.18. The number of aromatic nitrogens is 1. The van der Waals surface area contributed by atoms with Gasteiger partial charge in [-0.15, -0.1) is 0 Å². The third kappa shape index (κ3) is 2.33. The molecular weight excluding hydrogens is 276 g/mol. The molecule has 0 amide bonds. The number of esters is 1. The van der Waals surface area contributed by atoms with Gasteiger partial charge in [-0.25, -0.2) is 4.79 Å². The van der Waals surface area contributed by atoms with Gasteiger partial charge in [0, 0.05) is 17.3 Å². The van der Waals surface area contributed by atoms with Crippen LogP contribution in [0.3, 0.4) is 0 Å². The van der Waals surface area contributed by atoms with Crippen LogP contribution in [0.25, 0.3) is 10.9 Å². The van der Waals surface area contributed by atoms with Crippen LogP contribution in [0.5, 0.6) is 0 Å². The van der Waals surface area contributed by atoms with Crippen LogP contribution in [-0.2, 0) is 9.53 Å². The SMILES string of the molecule is COC(=O)C(c1ccc(C)cc1)n1ccc2c(N)cccc21. The summed E-state index contributed by atoms with van der Waals surface area (Å²) in [6, 6.07) is 15.0. The summed E-state index contributed by atoms with van der Waals surface area (Å²) >= 11 is 0. The lowest BCUT2D eigenvalue weighted by atomic mass is 10.0. The lowest BCUT2D eigenvalue weighted by Crippen LogP contribution is -2.21. The van der Waals surface area contributed by atoms with Gasteiger partial charge in [-0.05, 0) is 30.7 Å². The predicted molar refractivity (Wildman–Crippen MR) is 87.7 cm³/mol. The van der Waals surface area contributed by atoms with Crippen LogP contribution in [-0.4, -0.2) is 17.6 Å². The molecule has 0 bridgehead atoms. The fourth-order valence-corrected chi connectivity index (χ4v) is 2.71. The molecule has 0 aliphatic carbocycles. The first-order valence-electron chi connectivity index (χ1n) is 7.11. The molecule has 112 valence electrons. The summed E-state index contributed by atoms with van der Waals surface area (Å²) in [5, 5.41) is 0.934. The van der Waals surface area contributed by atoms with Crippen LogP contribution in [0, 0.1) is 6.92 Å². The van der Waals surface area contributed by atoms with Gasteiger partial charge in [-0.1, -0.05) is 35.9 Å². The first-order chi connectivity index (χ1) is 10.6. The Morgan fingerprint density at radius 2 is 1.86 bits per heavy atom. The van der Waals surface area contributed by atoms with E-state index in [9.17, 15) is 4.79 Å². The second-order valence-corrected chi connectivity index (χ2v) is 5.34. The highest BCUT2D eigenvalue weighted by Crippen LogP contribution is 2.29. The minimum Gasteiger partial charge on any atom is -0.467 e. The van der Waals surface area contributed by atoms with Crippen molar-refractivity contribution in [1.29, 1.82) is 0 Å². The molecule has 0 saturated heterocycles. The Morgan fingerprint density at radius 3 is 2.55 bits per heavy atom. The molecule has 22 heavy (non-hydrogen) atoms. The van der Waals surface area contributed by atoms with Gasteiger partial charge in [0.2, 0.25) is 0 Å². The first kappa shape index (κ1) is 14.2. The van der Waals surface area contributed by atoms with Gasteiger partial charge in [0.15, 0.2) is 6.04 Å². The second-order valence-electron chi connectivity index (χ2n) is 5.34. The number of carbonyl (C=O) groups is 1. The lowest BCUT2D eigenvalue weighted by Gasteiger charge is -2.18. The molecule has 2 N–H and O–H groups in total. The molecule has 1 heterocycles. The zero-order valence-electron chi connectivity index (χ0n) is 12.6. The summed E-state index contributed by atoms with van der Waals surface area (Å²) in [7, 11) is 1.41. The van der Waals surface area contributed by atoms with Crippen LogP contribution >= 0.6 is 0 Å². The molecule has 0 radical (unpaired) electrons. The smallest absolute Gasteiger partial charge is 0.333 e. The van der Waals surface area contributed by atoms with E-state index >= 15 is 0 Å². The van der Waals surface area contributed by atoms with Crippen LogP contribution in [0.1, 0.15) is 17.2 Å². The van der Waals surface area contributed by atoms with Crippen molar-refractivity contribution in [1.82, 2.24) is 4.57 Å². The number of nitrogens with zero attached hydrogens (tertiary/aromatic N) is 1. The molecule has 4 nitrogen and oxygen atoms in total. The van der Waals surface area contributed by atoms with Crippen LogP contribution in [0.4, 0.5) is 5.69 Å². The largest absolute Gasteiger partial charge is 0.467 e. The first-order valence-corrected chi connectivity index (χ1v) is 7.11. The number of benzene rings is 2. The van der Waals surface area contributed by atoms with Gasteiger partial charge >= 0.3 is 5.97 Å². The number of fused-ring (bicyclic) bond motifs is 1. The van der Waals surface area contributed by atoms with Crippen molar-refractivity contribution < 1.29 is 9.53 Å². The molecule has 3 rings (SSSR count). The number of hydrogen-bond donors (Lipinski definition) is 1. The number of methoxy groups -OCH3 is 1. The summed E-state index contributed by atoms with van der Waals surface area (Å²) in [6.45, 7) is 2.02. The Kier molecular flexibility index (Phi) is 3.59. The third-order valence-corrected chi connectivity index (χ3v) is 3.89. The zero-order chi connectivity index (χ0) is 15.7. The maximum absolute atomic E-state index is 12.4. The van der Waals surface area contributed by atoms with Crippen molar-refractivity contribution in [2.45, 2.75) is 13.0 Å². The molecule has 3 aromatic rings. The van der Waals surface area contributed by atoms with Crippen molar-refractivity contribution in [3.05, 3.63) is 65.9 Å². The van der Waals surface area contributed by atoms with E-state index in [0.717, 1.165) is 22.0 Å². The number of hydrogen-bond acceptors (Lipinski definition) is 3. The van der Waals surface area contributed by atoms with Gasteiger partial charge in [0.1, 0.15) is 0 Å². The molecule has 2 aromatic carbocycles. The normalized spacial score (nSPS) is 12.3. The highest BCUT2D eigenvalue weighted by molar-refractivity contribution is 5.93. The van der Waals surface area contributed by atoms with Gasteiger partial charge < -0.3 is 15.0 Å². The Morgan fingerprint density at radius 1 is 1.14 bits per heavy atom. The molecule has 0 spiro atoms. The number of rotatable bonds is 3. The van der Waals surface area contributed by atoms with E-state index in [4.69, 9.17) is 10.5 Å². The minimum atomic E-state index is -0.523. The van der Waals surface area contributed by atoms with E-state index in [1.54, 1.807) is 0 Å². The topological polar surface area (TPSA) is 57.2 Å². The highest BCUT2D eigenvalue weighted by Gasteiger charge is 2.24. The monoisotopic (exact) mass is 294 g/mol. The van der Waals surface area contributed by atoms with E-state index in [0.29, 0.717) is 5.69 Å². The van der Waals surface area contributed by atoms with Crippen molar-refractivity contribution in [3.8, 4) is 0 Å². The summed E-state index contributed by atoms with van der Waals surface area (Å²) in [5.74, 6) is -0.302. The molecule has 0 aliphatic heterocycles. The Labute approximate surface area is 129 Å². The molecule has 1 unspecified atom stereocenters. The lowest BCUT2D eigenvalue weighted by molar-refractivity contribution is -0.143. The second kappa shape index (κ2) is 5.56. The van der Waals surface area contributed by atoms with Crippen LogP contribution in [0.2, 0.25) is 0 Å². The number of nitrogen functional groups attached to an aromatic ring is 1. The molecule has 0 saturated carbocycles. The van der Waals surface area contributed by atoms with E-state index < -0.39 is 6.04 Å². The molecule has 4 heteroatoms. The maximum atomic E-state index is 12.4. The van der Waals surface area contributed by atoms with Gasteiger partial charge in [0.05, 0.1) is 12.6 Å². The highest BCUT2D eigenvalue weighted by atomic mass is 16.5. The minimum absolute atomic E-state index is 0.302. The molecule has 0 fully saturated rings. The van der Waals surface area contributed by atoms with Crippen molar-refractivity contribution in [3.63, 3.8) is 0 Å². The number of anilines is 1. The van der Waals surface area contributed by atoms with Crippen molar-refractivity contribution >= 4 is 22.6 Å². The average Bonchev–Trinajstić information content (AvgIpc) is 2.94. The van der Waals surface area contributed by atoms with E-state index in [1.807, 2.05) is 66.2 Å². The molecule has 0 aliphatic rings. The zero-order valence-corrected chi connectivity index (χ0v) is 12.6. The standard InChI is InChI=1S/C18H18N2O2/c1-12-6-8-13(9-7-12)17(18(21)22-2)20-11-10-14-15(19)4-3-5-16(14)20/h3-11,17H,19H2,1-2H3. The number of aryl methyl sites for hydroxylation is 1. The van der Waals surface area contributed by atoms with Gasteiger partial charge in [-0.3, -0.25) is 0 Å². The molecule has 1 atom stereocenters.